The van der Waals surface area contributed by atoms with Gasteiger partial charge in [-0.25, -0.2) is 8.42 Å². The Hall–Kier alpha value is -1.12. The predicted octanol–water partition coefficient (Wildman–Crippen LogP) is 0.0207. The zero-order valence-corrected chi connectivity index (χ0v) is 11.8. The summed E-state index contributed by atoms with van der Waals surface area (Å²) in [5.41, 5.74) is 5.70. The van der Waals surface area contributed by atoms with Gasteiger partial charge in [0.25, 0.3) is 0 Å². The molecule has 0 unspecified atom stereocenters. The van der Waals surface area contributed by atoms with Gasteiger partial charge >= 0.3 is 0 Å². The van der Waals surface area contributed by atoms with Gasteiger partial charge in [0.05, 0.1) is 6.10 Å². The molecule has 1 aromatic heterocycles. The molecule has 7 nitrogen and oxygen atoms in total. The summed E-state index contributed by atoms with van der Waals surface area (Å²) in [6.07, 6.45) is 3.01. The summed E-state index contributed by atoms with van der Waals surface area (Å²) < 4.78 is 27.7. The van der Waals surface area contributed by atoms with E-state index >= 15 is 0 Å². The highest BCUT2D eigenvalue weighted by Gasteiger charge is 2.32. The van der Waals surface area contributed by atoms with Crippen LogP contribution in [0.2, 0.25) is 0 Å². The van der Waals surface area contributed by atoms with Gasteiger partial charge in [-0.2, -0.15) is 9.40 Å². The molecule has 0 radical (unpaired) electrons. The molecule has 1 aromatic rings. The number of aliphatic hydroxyl groups is 1. The number of nitrogens with two attached hydrogens (primary N) is 1. The molecular formula is C11H20N4O3S. The number of aryl methyl sites for hydroxylation is 1. The molecule has 1 aliphatic heterocycles. The maximum absolute atomic E-state index is 12.5. The number of sulfonamides is 1. The third kappa shape index (κ3) is 2.90. The Kier molecular flexibility index (Phi) is 4.12. The van der Waals surface area contributed by atoms with Crippen molar-refractivity contribution in [3.05, 3.63) is 6.20 Å². The van der Waals surface area contributed by atoms with E-state index in [9.17, 15) is 13.5 Å². The minimum Gasteiger partial charge on any atom is -0.392 e. The first-order valence-electron chi connectivity index (χ1n) is 6.46. The Morgan fingerprint density at radius 1 is 1.58 bits per heavy atom. The van der Waals surface area contributed by atoms with E-state index in [4.69, 9.17) is 5.73 Å². The fourth-order valence-corrected chi connectivity index (χ4v) is 3.81. The molecule has 3 N–H and O–H groups in total. The SMILES string of the molecule is CCCn1cc(S(=O)(=O)N2CCC[C@H](O)C2)c(N)n1. The molecule has 0 aromatic carbocycles. The number of piperidine rings is 1. The fraction of sp³-hybridized carbons (Fsp3) is 0.727. The van der Waals surface area contributed by atoms with Gasteiger partial charge in [0.15, 0.2) is 5.82 Å². The number of aromatic nitrogens is 2. The van der Waals surface area contributed by atoms with Gasteiger partial charge in [-0.1, -0.05) is 6.92 Å². The lowest BCUT2D eigenvalue weighted by molar-refractivity contribution is 0.108. The van der Waals surface area contributed by atoms with Crippen LogP contribution in [0.25, 0.3) is 0 Å². The van der Waals surface area contributed by atoms with Crippen LogP contribution in [0.15, 0.2) is 11.1 Å². The monoisotopic (exact) mass is 288 g/mol. The number of rotatable bonds is 4. The quantitative estimate of drug-likeness (QED) is 0.813. The summed E-state index contributed by atoms with van der Waals surface area (Å²) in [5.74, 6) is 0.0218. The first kappa shape index (κ1) is 14.3. The van der Waals surface area contributed by atoms with Crippen LogP contribution >= 0.6 is 0 Å². The van der Waals surface area contributed by atoms with E-state index in [2.05, 4.69) is 5.10 Å². The largest absolute Gasteiger partial charge is 0.392 e. The summed E-state index contributed by atoms with van der Waals surface area (Å²) in [5, 5.41) is 13.6. The molecule has 2 rings (SSSR count). The number of nitrogen functional groups attached to an aromatic ring is 1. The van der Waals surface area contributed by atoms with Crippen LogP contribution in [0.3, 0.4) is 0 Å². The van der Waals surface area contributed by atoms with Gasteiger partial charge in [-0.05, 0) is 19.3 Å². The number of hydrogen-bond donors (Lipinski definition) is 2. The topological polar surface area (TPSA) is 101 Å². The molecule has 1 fully saturated rings. The Labute approximate surface area is 113 Å². The van der Waals surface area contributed by atoms with Crippen LogP contribution in [0.1, 0.15) is 26.2 Å². The second kappa shape index (κ2) is 5.48. The molecule has 1 saturated heterocycles. The normalized spacial score (nSPS) is 21.7. The van der Waals surface area contributed by atoms with Crippen molar-refractivity contribution < 1.29 is 13.5 Å². The molecule has 0 amide bonds. The highest BCUT2D eigenvalue weighted by atomic mass is 32.2. The average Bonchev–Trinajstić information content (AvgIpc) is 2.71. The third-order valence-electron chi connectivity index (χ3n) is 3.18. The zero-order chi connectivity index (χ0) is 14.0. The van der Waals surface area contributed by atoms with Crippen molar-refractivity contribution in [3.8, 4) is 0 Å². The Bertz CT molecular complexity index is 540. The van der Waals surface area contributed by atoms with E-state index in [0.717, 1.165) is 6.42 Å². The van der Waals surface area contributed by atoms with Gasteiger partial charge in [0.2, 0.25) is 10.0 Å². The van der Waals surface area contributed by atoms with E-state index in [1.54, 1.807) is 4.68 Å². The summed E-state index contributed by atoms with van der Waals surface area (Å²) in [7, 11) is -3.66. The van der Waals surface area contributed by atoms with Crippen molar-refractivity contribution in [1.82, 2.24) is 14.1 Å². The molecule has 0 saturated carbocycles. The summed E-state index contributed by atoms with van der Waals surface area (Å²) in [4.78, 5) is 0.0371. The molecule has 0 spiro atoms. The van der Waals surface area contributed by atoms with Crippen molar-refractivity contribution in [1.29, 1.82) is 0 Å². The van der Waals surface area contributed by atoms with Crippen molar-refractivity contribution in [2.24, 2.45) is 0 Å². The van der Waals surface area contributed by atoms with E-state index in [1.165, 1.54) is 10.5 Å². The first-order chi connectivity index (χ1) is 8.95. The number of hydrogen-bond acceptors (Lipinski definition) is 5. The molecule has 0 bridgehead atoms. The summed E-state index contributed by atoms with van der Waals surface area (Å²) >= 11 is 0. The van der Waals surface area contributed by atoms with Crippen LogP contribution in [-0.2, 0) is 16.6 Å². The number of β-amino-alcohol motifs (C(OH)–C–C–N with tert-alkyl or cyclic N) is 1. The Morgan fingerprint density at radius 2 is 2.32 bits per heavy atom. The Morgan fingerprint density at radius 3 is 2.95 bits per heavy atom. The van der Waals surface area contributed by atoms with Crippen LogP contribution < -0.4 is 5.73 Å². The maximum Gasteiger partial charge on any atom is 0.248 e. The molecule has 108 valence electrons. The van der Waals surface area contributed by atoms with Crippen LogP contribution in [-0.4, -0.2) is 46.8 Å². The van der Waals surface area contributed by atoms with E-state index < -0.39 is 16.1 Å². The van der Waals surface area contributed by atoms with E-state index in [1.807, 2.05) is 6.92 Å². The lowest BCUT2D eigenvalue weighted by atomic mass is 10.1. The van der Waals surface area contributed by atoms with Crippen molar-refractivity contribution in [2.45, 2.75) is 43.7 Å². The molecule has 2 heterocycles. The van der Waals surface area contributed by atoms with Gasteiger partial charge in [-0.15, -0.1) is 0 Å². The Balaban J connectivity index is 2.28. The van der Waals surface area contributed by atoms with Gasteiger partial charge in [0, 0.05) is 25.8 Å². The van der Waals surface area contributed by atoms with E-state index in [-0.39, 0.29) is 17.3 Å². The lowest BCUT2D eigenvalue weighted by Crippen LogP contribution is -2.42. The number of aliphatic hydroxyl groups excluding tert-OH is 1. The fourth-order valence-electron chi connectivity index (χ4n) is 2.24. The average molecular weight is 288 g/mol. The third-order valence-corrected chi connectivity index (χ3v) is 5.07. The highest BCUT2D eigenvalue weighted by molar-refractivity contribution is 7.89. The lowest BCUT2D eigenvalue weighted by Gasteiger charge is -2.28. The van der Waals surface area contributed by atoms with Gasteiger partial charge in [0.1, 0.15) is 4.90 Å². The smallest absolute Gasteiger partial charge is 0.248 e. The second-order valence-electron chi connectivity index (χ2n) is 4.80. The second-order valence-corrected chi connectivity index (χ2v) is 6.71. The number of anilines is 1. The van der Waals surface area contributed by atoms with Crippen molar-refractivity contribution >= 4 is 15.8 Å². The first-order valence-corrected chi connectivity index (χ1v) is 7.90. The standard InChI is InChI=1S/C11H20N4O3S/c1-2-5-14-8-10(11(12)13-14)19(17,18)15-6-3-4-9(16)7-15/h8-9,16H,2-7H2,1H3,(H2,12,13)/t9-/m0/s1. The molecule has 0 aliphatic carbocycles. The zero-order valence-electron chi connectivity index (χ0n) is 11.0. The van der Waals surface area contributed by atoms with E-state index in [0.29, 0.717) is 25.9 Å². The van der Waals surface area contributed by atoms with Crippen LogP contribution in [0.5, 0.6) is 0 Å². The molecule has 1 aliphatic rings. The maximum atomic E-state index is 12.5. The van der Waals surface area contributed by atoms with Crippen LogP contribution in [0, 0.1) is 0 Å². The molecule has 1 atom stereocenters. The van der Waals surface area contributed by atoms with Gasteiger partial charge in [-0.3, -0.25) is 4.68 Å². The van der Waals surface area contributed by atoms with Gasteiger partial charge < -0.3 is 10.8 Å². The van der Waals surface area contributed by atoms with Crippen molar-refractivity contribution in [3.63, 3.8) is 0 Å². The minimum atomic E-state index is -3.66. The minimum absolute atomic E-state index is 0.0218. The molecule has 19 heavy (non-hydrogen) atoms. The number of nitrogens with zero attached hydrogens (tertiary/aromatic N) is 3. The molecular weight excluding hydrogens is 268 g/mol. The van der Waals surface area contributed by atoms with Crippen LogP contribution in [0.4, 0.5) is 5.82 Å². The van der Waals surface area contributed by atoms with Crippen molar-refractivity contribution in [2.75, 3.05) is 18.8 Å². The highest BCUT2D eigenvalue weighted by Crippen LogP contribution is 2.24. The summed E-state index contributed by atoms with van der Waals surface area (Å²) in [6, 6.07) is 0. The predicted molar refractivity (Wildman–Crippen MR) is 70.9 cm³/mol. The molecule has 8 heteroatoms. The summed E-state index contributed by atoms with van der Waals surface area (Å²) in [6.45, 7) is 3.15.